The number of rotatable bonds is 4. The molecule has 7 heteroatoms. The number of urea groups is 1. The lowest BCUT2D eigenvalue weighted by Crippen LogP contribution is -2.24. The largest absolute Gasteiger partial charge is 0.341 e. The van der Waals surface area contributed by atoms with Crippen molar-refractivity contribution in [3.8, 4) is 0 Å². The van der Waals surface area contributed by atoms with Gasteiger partial charge >= 0.3 is 6.03 Å². The van der Waals surface area contributed by atoms with E-state index in [0.717, 1.165) is 11.1 Å². The topological polar surface area (TPSA) is 87.3 Å². The van der Waals surface area contributed by atoms with Gasteiger partial charge in [-0.1, -0.05) is 12.1 Å². The zero-order valence-corrected chi connectivity index (χ0v) is 14.0. The number of hydrogen-bond acceptors (Lipinski definition) is 3. The molecular formula is C16H19N3O3S. The Bertz CT molecular complexity index is 832. The minimum Gasteiger partial charge on any atom is -0.341 e. The van der Waals surface area contributed by atoms with Gasteiger partial charge in [-0.2, -0.15) is 0 Å². The maximum atomic E-state index is 12.4. The van der Waals surface area contributed by atoms with Crippen LogP contribution in [0.25, 0.3) is 0 Å². The van der Waals surface area contributed by atoms with Gasteiger partial charge in [0, 0.05) is 12.7 Å². The summed E-state index contributed by atoms with van der Waals surface area (Å²) in [6.45, 7) is 3.79. The highest BCUT2D eigenvalue weighted by Crippen LogP contribution is 2.21. The molecule has 23 heavy (non-hydrogen) atoms. The van der Waals surface area contributed by atoms with Gasteiger partial charge in [0.15, 0.2) is 0 Å². The molecule has 0 aliphatic rings. The standard InChI is InChI=1S/C16H19N3O3S/c1-11-7-8-15(9-12(11)2)23(21,22)19-14-6-4-5-13(10-14)18-16(20)17-3/h4-10,19H,1-3H3,(H2,17,18,20). The molecule has 0 aliphatic carbocycles. The van der Waals surface area contributed by atoms with Gasteiger partial charge < -0.3 is 10.6 Å². The SMILES string of the molecule is CNC(=O)Nc1cccc(NS(=O)(=O)c2ccc(C)c(C)c2)c1. The molecule has 0 saturated carbocycles. The summed E-state index contributed by atoms with van der Waals surface area (Å²) in [7, 11) is -2.18. The second-order valence-corrected chi connectivity index (χ2v) is 6.82. The van der Waals surface area contributed by atoms with Crippen molar-refractivity contribution in [1.82, 2.24) is 5.32 Å². The van der Waals surface area contributed by atoms with Crippen LogP contribution in [-0.4, -0.2) is 21.5 Å². The zero-order chi connectivity index (χ0) is 17.0. The normalized spacial score (nSPS) is 10.9. The molecule has 0 bridgehead atoms. The molecule has 6 nitrogen and oxygen atoms in total. The number of carbonyl (C=O) groups excluding carboxylic acids is 1. The number of hydrogen-bond donors (Lipinski definition) is 3. The highest BCUT2D eigenvalue weighted by molar-refractivity contribution is 7.92. The number of benzene rings is 2. The van der Waals surface area contributed by atoms with Crippen LogP contribution < -0.4 is 15.4 Å². The summed E-state index contributed by atoms with van der Waals surface area (Å²) in [5.41, 5.74) is 2.80. The lowest BCUT2D eigenvalue weighted by molar-refractivity contribution is 0.254. The number of nitrogens with one attached hydrogen (secondary N) is 3. The minimum atomic E-state index is -3.68. The van der Waals surface area contributed by atoms with Crippen molar-refractivity contribution in [2.45, 2.75) is 18.7 Å². The first-order chi connectivity index (χ1) is 10.8. The molecular weight excluding hydrogens is 314 g/mol. The molecule has 0 saturated heterocycles. The second-order valence-electron chi connectivity index (χ2n) is 5.14. The summed E-state index contributed by atoms with van der Waals surface area (Å²) in [6, 6.07) is 11.1. The molecule has 0 atom stereocenters. The van der Waals surface area contributed by atoms with Gasteiger partial charge in [0.1, 0.15) is 0 Å². The molecule has 2 aromatic carbocycles. The fourth-order valence-corrected chi connectivity index (χ4v) is 3.08. The molecule has 2 aromatic rings. The van der Waals surface area contributed by atoms with Crippen molar-refractivity contribution in [1.29, 1.82) is 0 Å². The molecule has 0 heterocycles. The Morgan fingerprint density at radius 2 is 1.65 bits per heavy atom. The van der Waals surface area contributed by atoms with E-state index >= 15 is 0 Å². The van der Waals surface area contributed by atoms with E-state index in [9.17, 15) is 13.2 Å². The number of anilines is 2. The number of sulfonamides is 1. The average Bonchev–Trinajstić information content (AvgIpc) is 2.49. The Balaban J connectivity index is 2.25. The quantitative estimate of drug-likeness (QED) is 0.804. The van der Waals surface area contributed by atoms with Crippen molar-refractivity contribution < 1.29 is 13.2 Å². The summed E-state index contributed by atoms with van der Waals surface area (Å²) >= 11 is 0. The molecule has 0 fully saturated rings. The average molecular weight is 333 g/mol. The summed E-state index contributed by atoms with van der Waals surface area (Å²) < 4.78 is 27.4. The first-order valence-corrected chi connectivity index (χ1v) is 8.49. The first-order valence-electron chi connectivity index (χ1n) is 7.01. The summed E-state index contributed by atoms with van der Waals surface area (Å²) in [5.74, 6) is 0. The molecule has 0 radical (unpaired) electrons. The smallest absolute Gasteiger partial charge is 0.318 e. The molecule has 2 amide bonds. The fraction of sp³-hybridized carbons (Fsp3) is 0.188. The molecule has 0 spiro atoms. The van der Waals surface area contributed by atoms with E-state index in [1.807, 2.05) is 13.8 Å². The third-order valence-electron chi connectivity index (χ3n) is 3.39. The number of aryl methyl sites for hydroxylation is 2. The zero-order valence-electron chi connectivity index (χ0n) is 13.2. The summed E-state index contributed by atoms with van der Waals surface area (Å²) in [6.07, 6.45) is 0. The number of carbonyl (C=O) groups is 1. The van der Waals surface area contributed by atoms with Gasteiger partial charge in [0.2, 0.25) is 0 Å². The van der Waals surface area contributed by atoms with Crippen molar-refractivity contribution >= 4 is 27.4 Å². The lowest BCUT2D eigenvalue weighted by Gasteiger charge is -2.11. The molecule has 0 unspecified atom stereocenters. The van der Waals surface area contributed by atoms with E-state index in [1.54, 1.807) is 42.5 Å². The van der Waals surface area contributed by atoms with E-state index < -0.39 is 10.0 Å². The molecule has 122 valence electrons. The van der Waals surface area contributed by atoms with Crippen molar-refractivity contribution in [3.05, 3.63) is 53.6 Å². The van der Waals surface area contributed by atoms with Gasteiger partial charge in [0.25, 0.3) is 10.0 Å². The predicted octanol–water partition coefficient (Wildman–Crippen LogP) is 2.86. The number of amides is 2. The van der Waals surface area contributed by atoms with Crippen molar-refractivity contribution in [2.24, 2.45) is 0 Å². The highest BCUT2D eigenvalue weighted by atomic mass is 32.2. The van der Waals surface area contributed by atoms with Crippen LogP contribution in [0, 0.1) is 13.8 Å². The van der Waals surface area contributed by atoms with Gasteiger partial charge in [-0.3, -0.25) is 4.72 Å². The van der Waals surface area contributed by atoms with Crippen molar-refractivity contribution in [3.63, 3.8) is 0 Å². The molecule has 3 N–H and O–H groups in total. The molecule has 0 aliphatic heterocycles. The monoisotopic (exact) mass is 333 g/mol. The van der Waals surface area contributed by atoms with Crippen LogP contribution in [0.4, 0.5) is 16.2 Å². The van der Waals surface area contributed by atoms with Crippen LogP contribution >= 0.6 is 0 Å². The van der Waals surface area contributed by atoms with E-state index in [2.05, 4.69) is 15.4 Å². The van der Waals surface area contributed by atoms with Crippen LogP contribution in [0.3, 0.4) is 0 Å². The Morgan fingerprint density at radius 1 is 0.957 bits per heavy atom. The fourth-order valence-electron chi connectivity index (χ4n) is 1.95. The van der Waals surface area contributed by atoms with E-state index in [1.165, 1.54) is 7.05 Å². The Morgan fingerprint density at radius 3 is 2.30 bits per heavy atom. The Labute approximate surface area is 136 Å². The Kier molecular flexibility index (Phi) is 4.90. The van der Waals surface area contributed by atoms with Crippen molar-refractivity contribution in [2.75, 3.05) is 17.1 Å². The van der Waals surface area contributed by atoms with Crippen LogP contribution in [-0.2, 0) is 10.0 Å². The molecule has 2 rings (SSSR count). The molecule has 0 aromatic heterocycles. The van der Waals surface area contributed by atoms with Gasteiger partial charge in [-0.05, 0) is 55.3 Å². The maximum Gasteiger partial charge on any atom is 0.318 e. The first kappa shape index (κ1) is 16.8. The minimum absolute atomic E-state index is 0.199. The van der Waals surface area contributed by atoms with Crippen LogP contribution in [0.2, 0.25) is 0 Å². The van der Waals surface area contributed by atoms with Crippen LogP contribution in [0.5, 0.6) is 0 Å². The predicted molar refractivity (Wildman–Crippen MR) is 91.2 cm³/mol. The third-order valence-corrected chi connectivity index (χ3v) is 4.77. The van der Waals surface area contributed by atoms with E-state index in [-0.39, 0.29) is 10.9 Å². The van der Waals surface area contributed by atoms with Gasteiger partial charge in [-0.25, -0.2) is 13.2 Å². The maximum absolute atomic E-state index is 12.4. The Hall–Kier alpha value is -2.54. The summed E-state index contributed by atoms with van der Waals surface area (Å²) in [4.78, 5) is 11.5. The second kappa shape index (κ2) is 6.70. The van der Waals surface area contributed by atoms with E-state index in [4.69, 9.17) is 0 Å². The van der Waals surface area contributed by atoms with Crippen LogP contribution in [0.1, 0.15) is 11.1 Å². The summed E-state index contributed by atoms with van der Waals surface area (Å²) in [5, 5.41) is 5.02. The highest BCUT2D eigenvalue weighted by Gasteiger charge is 2.15. The third kappa shape index (κ3) is 4.23. The van der Waals surface area contributed by atoms with E-state index in [0.29, 0.717) is 11.4 Å². The van der Waals surface area contributed by atoms with Gasteiger partial charge in [-0.15, -0.1) is 0 Å². The van der Waals surface area contributed by atoms with Crippen LogP contribution in [0.15, 0.2) is 47.4 Å². The lowest BCUT2D eigenvalue weighted by atomic mass is 10.1. The van der Waals surface area contributed by atoms with Gasteiger partial charge in [0.05, 0.1) is 10.6 Å².